The van der Waals surface area contributed by atoms with E-state index in [9.17, 15) is 44.7 Å². The topological polar surface area (TPSA) is 144 Å². The first kappa shape index (κ1) is 28.8. The summed E-state index contributed by atoms with van der Waals surface area (Å²) in [7, 11) is -9.08. The van der Waals surface area contributed by atoms with Crippen LogP contribution in [0.1, 0.15) is 31.2 Å². The fourth-order valence-corrected chi connectivity index (χ4v) is 7.64. The van der Waals surface area contributed by atoms with Crippen molar-refractivity contribution in [3.63, 3.8) is 0 Å². The standard InChI is InChI=1S/C24H26F3N3O7S2/c25-24(26,27)19-15-18(38(34,35)17-5-2-1-3-6-17)8-9-21(19)39(36,37)28-16-10-13-29(14-11-16)22(31)20-7-4-12-30(20)23(32)33/h1-3,5-6,8-9,15-16,20,28H,4,7,10-14H2,(H,32,33)/p-1/t20-/m0/s1. The summed E-state index contributed by atoms with van der Waals surface area (Å²) in [6.45, 7) is 0.329. The average Bonchev–Trinajstić information content (AvgIpc) is 3.39. The van der Waals surface area contributed by atoms with Crippen LogP contribution in [0.15, 0.2) is 63.2 Å². The van der Waals surface area contributed by atoms with Gasteiger partial charge in [-0.3, -0.25) is 4.79 Å². The SMILES string of the molecule is O=C([C@@H]1CCCN1C(=O)[O-])N1CCC(NS(=O)(=O)c2ccc(S(=O)(=O)c3ccccc3)cc2C(F)(F)F)CC1. The fourth-order valence-electron chi connectivity index (χ4n) is 4.82. The van der Waals surface area contributed by atoms with Gasteiger partial charge in [0.1, 0.15) is 12.1 Å². The van der Waals surface area contributed by atoms with Gasteiger partial charge in [-0.25, -0.2) is 21.6 Å². The first-order chi connectivity index (χ1) is 18.2. The van der Waals surface area contributed by atoms with Crippen LogP contribution in [0.5, 0.6) is 0 Å². The molecule has 212 valence electrons. The highest BCUT2D eigenvalue weighted by Gasteiger charge is 2.40. The van der Waals surface area contributed by atoms with Crippen LogP contribution in [-0.4, -0.2) is 70.4 Å². The lowest BCUT2D eigenvalue weighted by molar-refractivity contribution is -0.266. The van der Waals surface area contributed by atoms with Gasteiger partial charge < -0.3 is 19.7 Å². The van der Waals surface area contributed by atoms with Crippen LogP contribution in [0, 0.1) is 0 Å². The number of nitrogens with one attached hydrogen (secondary N) is 1. The summed E-state index contributed by atoms with van der Waals surface area (Å²) in [4.78, 5) is 24.3. The maximum absolute atomic E-state index is 13.9. The molecule has 2 aromatic carbocycles. The van der Waals surface area contributed by atoms with E-state index in [0.717, 1.165) is 11.0 Å². The highest BCUT2D eigenvalue weighted by atomic mass is 32.2. The Labute approximate surface area is 223 Å². The van der Waals surface area contributed by atoms with E-state index in [1.807, 2.05) is 0 Å². The summed E-state index contributed by atoms with van der Waals surface area (Å²) in [5, 5.41) is 11.2. The molecule has 0 unspecified atom stereocenters. The van der Waals surface area contributed by atoms with Crippen molar-refractivity contribution in [1.82, 2.24) is 14.5 Å². The Bertz CT molecular complexity index is 1460. The Morgan fingerprint density at radius 2 is 1.54 bits per heavy atom. The number of sulfonamides is 1. The Hall–Kier alpha value is -3.17. The Morgan fingerprint density at radius 3 is 2.13 bits per heavy atom. The quantitative estimate of drug-likeness (QED) is 0.540. The van der Waals surface area contributed by atoms with E-state index in [1.165, 1.54) is 29.2 Å². The summed E-state index contributed by atoms with van der Waals surface area (Å²) < 4.78 is 95.7. The maximum atomic E-state index is 13.9. The molecule has 2 aliphatic rings. The summed E-state index contributed by atoms with van der Waals surface area (Å²) in [5.74, 6) is -0.424. The number of carboxylic acid groups (broad SMARTS) is 1. The van der Waals surface area contributed by atoms with Crippen LogP contribution in [0.4, 0.5) is 18.0 Å². The summed E-state index contributed by atoms with van der Waals surface area (Å²) >= 11 is 0. The lowest BCUT2D eigenvalue weighted by Crippen LogP contribution is -2.54. The van der Waals surface area contributed by atoms with Gasteiger partial charge in [-0.1, -0.05) is 18.2 Å². The molecule has 2 fully saturated rings. The highest BCUT2D eigenvalue weighted by Crippen LogP contribution is 2.37. The monoisotopic (exact) mass is 588 g/mol. The van der Waals surface area contributed by atoms with E-state index >= 15 is 0 Å². The fraction of sp³-hybridized carbons (Fsp3) is 0.417. The van der Waals surface area contributed by atoms with E-state index in [1.54, 1.807) is 6.07 Å². The van der Waals surface area contributed by atoms with Gasteiger partial charge in [-0.2, -0.15) is 13.2 Å². The molecule has 1 atom stereocenters. The van der Waals surface area contributed by atoms with E-state index in [2.05, 4.69) is 4.72 Å². The lowest BCUT2D eigenvalue weighted by atomic mass is 10.0. The molecular formula is C24H25F3N3O7S2-. The third kappa shape index (κ3) is 6.04. The van der Waals surface area contributed by atoms with E-state index in [0.29, 0.717) is 25.0 Å². The number of hydrogen-bond acceptors (Lipinski definition) is 7. The maximum Gasteiger partial charge on any atom is 0.417 e. The molecule has 0 aliphatic carbocycles. The number of alkyl halides is 3. The lowest BCUT2D eigenvalue weighted by Gasteiger charge is -2.36. The van der Waals surface area contributed by atoms with Crippen LogP contribution in [0.2, 0.25) is 0 Å². The number of likely N-dealkylation sites (tertiary alicyclic amines) is 2. The van der Waals surface area contributed by atoms with Crippen LogP contribution in [-0.2, 0) is 30.8 Å². The minimum Gasteiger partial charge on any atom is -0.530 e. The second-order valence-corrected chi connectivity index (χ2v) is 12.9. The van der Waals surface area contributed by atoms with Crippen molar-refractivity contribution in [1.29, 1.82) is 0 Å². The molecule has 1 N–H and O–H groups in total. The highest BCUT2D eigenvalue weighted by molar-refractivity contribution is 7.91. The van der Waals surface area contributed by atoms with Crippen molar-refractivity contribution in [2.24, 2.45) is 0 Å². The van der Waals surface area contributed by atoms with Crippen molar-refractivity contribution >= 4 is 31.9 Å². The van der Waals surface area contributed by atoms with E-state index < -0.39 is 65.5 Å². The molecule has 0 spiro atoms. The number of hydrogen-bond donors (Lipinski definition) is 1. The molecule has 2 saturated heterocycles. The van der Waals surface area contributed by atoms with Gasteiger partial charge in [0.2, 0.25) is 25.8 Å². The number of benzene rings is 2. The van der Waals surface area contributed by atoms with Gasteiger partial charge >= 0.3 is 6.18 Å². The van der Waals surface area contributed by atoms with Crippen LogP contribution < -0.4 is 9.83 Å². The van der Waals surface area contributed by atoms with Crippen LogP contribution >= 0.6 is 0 Å². The zero-order valence-corrected chi connectivity index (χ0v) is 22.1. The van der Waals surface area contributed by atoms with Crippen molar-refractivity contribution in [3.8, 4) is 0 Å². The van der Waals surface area contributed by atoms with Crippen molar-refractivity contribution < 1.29 is 44.7 Å². The Morgan fingerprint density at radius 1 is 0.897 bits per heavy atom. The van der Waals surface area contributed by atoms with E-state index in [-0.39, 0.29) is 37.4 Å². The largest absolute Gasteiger partial charge is 0.530 e. The molecule has 10 nitrogen and oxygen atoms in total. The third-order valence-corrected chi connectivity index (χ3v) is 10.2. The van der Waals surface area contributed by atoms with Gasteiger partial charge in [0.05, 0.1) is 20.2 Å². The molecule has 39 heavy (non-hydrogen) atoms. The number of rotatable bonds is 6. The number of halogens is 3. The predicted octanol–water partition coefficient (Wildman–Crippen LogP) is 1.62. The Kier molecular flexibility index (Phi) is 7.96. The second-order valence-electron chi connectivity index (χ2n) is 9.31. The molecule has 4 rings (SSSR count). The minimum absolute atomic E-state index is 0.0732. The average molecular weight is 589 g/mol. The number of carbonyl (C=O) groups is 2. The second kappa shape index (κ2) is 10.8. The molecule has 2 aliphatic heterocycles. The molecule has 15 heteroatoms. The van der Waals surface area contributed by atoms with Crippen molar-refractivity contribution in [3.05, 3.63) is 54.1 Å². The molecule has 0 bridgehead atoms. The van der Waals surface area contributed by atoms with Gasteiger partial charge in [0, 0.05) is 25.7 Å². The zero-order valence-electron chi connectivity index (χ0n) is 20.4. The molecule has 0 saturated carbocycles. The predicted molar refractivity (Wildman–Crippen MR) is 128 cm³/mol. The molecular weight excluding hydrogens is 563 g/mol. The molecule has 0 radical (unpaired) electrons. The van der Waals surface area contributed by atoms with Gasteiger partial charge in [0.25, 0.3) is 0 Å². The first-order valence-electron chi connectivity index (χ1n) is 12.0. The third-order valence-electron chi connectivity index (χ3n) is 6.81. The number of nitrogens with zero attached hydrogens (tertiary/aromatic N) is 2. The number of piperidine rings is 1. The molecule has 2 heterocycles. The first-order valence-corrected chi connectivity index (χ1v) is 15.0. The summed E-state index contributed by atoms with van der Waals surface area (Å²) in [5.41, 5.74) is -1.62. The van der Waals surface area contributed by atoms with Gasteiger partial charge in [-0.05, 0) is 56.0 Å². The number of sulfone groups is 1. The van der Waals surface area contributed by atoms with E-state index in [4.69, 9.17) is 0 Å². The summed E-state index contributed by atoms with van der Waals surface area (Å²) in [6, 6.07) is 6.87. The molecule has 2 aromatic rings. The normalized spacial score (nSPS) is 19.3. The van der Waals surface area contributed by atoms with Crippen LogP contribution in [0.3, 0.4) is 0 Å². The Balaban J connectivity index is 1.51. The molecule has 2 amide bonds. The number of carbonyl (C=O) groups excluding carboxylic acids is 2. The van der Waals surface area contributed by atoms with Crippen LogP contribution in [0.25, 0.3) is 0 Å². The molecule has 0 aromatic heterocycles. The minimum atomic E-state index is -5.17. The van der Waals surface area contributed by atoms with Crippen molar-refractivity contribution in [2.45, 2.75) is 58.6 Å². The van der Waals surface area contributed by atoms with Crippen molar-refractivity contribution in [2.75, 3.05) is 19.6 Å². The smallest absolute Gasteiger partial charge is 0.417 e. The summed E-state index contributed by atoms with van der Waals surface area (Å²) in [6.07, 6.45) is -5.59. The zero-order chi connectivity index (χ0) is 28.6. The van der Waals surface area contributed by atoms with Gasteiger partial charge in [-0.15, -0.1) is 0 Å². The number of amides is 2. The van der Waals surface area contributed by atoms with Gasteiger partial charge in [0.15, 0.2) is 0 Å².